The van der Waals surface area contributed by atoms with Crippen LogP contribution in [0.1, 0.15) is 60.9 Å². The minimum Gasteiger partial charge on any atom is -0.483 e. The highest BCUT2D eigenvalue weighted by Crippen LogP contribution is 2.21. The quantitative estimate of drug-likeness (QED) is 0.508. The summed E-state index contributed by atoms with van der Waals surface area (Å²) in [5, 5.41) is 8.09. The molecule has 3 rings (SSSR count). The highest BCUT2D eigenvalue weighted by atomic mass is 32.1. The number of thiazole rings is 1. The fraction of sp³-hybridized carbons (Fsp3) is 0.478. The molecule has 2 atom stereocenters. The van der Waals surface area contributed by atoms with Crippen molar-refractivity contribution in [2.75, 3.05) is 6.61 Å². The third-order valence-corrected chi connectivity index (χ3v) is 6.08. The summed E-state index contributed by atoms with van der Waals surface area (Å²) < 4.78 is 24.0. The molecule has 2 unspecified atom stereocenters. The van der Waals surface area contributed by atoms with E-state index in [1.54, 1.807) is 24.4 Å². The van der Waals surface area contributed by atoms with Gasteiger partial charge < -0.3 is 20.1 Å². The van der Waals surface area contributed by atoms with E-state index >= 15 is 0 Å². The highest BCUT2D eigenvalue weighted by Gasteiger charge is 2.28. The molecule has 0 bridgehead atoms. The zero-order valence-corrected chi connectivity index (χ0v) is 19.3. The molecule has 0 aliphatic heterocycles. The lowest BCUT2D eigenvalue weighted by Gasteiger charge is -2.32. The SMILES string of the molecule is CCOC(=O)CCC(=O)NC1CCCCC1NC(=O)c1csc(COc2ccccc2F)n1. The van der Waals surface area contributed by atoms with Gasteiger partial charge in [0.2, 0.25) is 5.91 Å². The number of halogens is 1. The average Bonchev–Trinajstić information content (AvgIpc) is 3.28. The Labute approximate surface area is 195 Å². The molecule has 1 aliphatic rings. The first-order valence-corrected chi connectivity index (χ1v) is 11.9. The first-order chi connectivity index (χ1) is 16.0. The van der Waals surface area contributed by atoms with Gasteiger partial charge in [-0.3, -0.25) is 14.4 Å². The van der Waals surface area contributed by atoms with Crippen molar-refractivity contribution in [2.24, 2.45) is 0 Å². The van der Waals surface area contributed by atoms with Crippen LogP contribution in [0, 0.1) is 5.82 Å². The number of hydrogen-bond acceptors (Lipinski definition) is 7. The summed E-state index contributed by atoms with van der Waals surface area (Å²) in [4.78, 5) is 40.7. The van der Waals surface area contributed by atoms with E-state index in [1.165, 1.54) is 23.5 Å². The molecule has 1 saturated carbocycles. The fourth-order valence-electron chi connectivity index (χ4n) is 3.63. The second-order valence-corrected chi connectivity index (χ2v) is 8.63. The fourth-order valence-corrected chi connectivity index (χ4v) is 4.31. The van der Waals surface area contributed by atoms with Crippen LogP contribution in [0.2, 0.25) is 0 Å². The normalized spacial score (nSPS) is 17.8. The van der Waals surface area contributed by atoms with E-state index in [2.05, 4.69) is 15.6 Å². The molecular weight excluding hydrogens is 449 g/mol. The van der Waals surface area contributed by atoms with Crippen LogP contribution in [-0.4, -0.2) is 41.5 Å². The second-order valence-electron chi connectivity index (χ2n) is 7.69. The number of amides is 2. The zero-order valence-electron chi connectivity index (χ0n) is 18.5. The van der Waals surface area contributed by atoms with Crippen molar-refractivity contribution in [2.45, 2.75) is 64.1 Å². The van der Waals surface area contributed by atoms with E-state index in [0.717, 1.165) is 25.7 Å². The van der Waals surface area contributed by atoms with Gasteiger partial charge in [-0.25, -0.2) is 9.37 Å². The average molecular weight is 478 g/mol. The molecule has 0 spiro atoms. The summed E-state index contributed by atoms with van der Waals surface area (Å²) >= 11 is 1.26. The molecule has 1 aromatic carbocycles. The second kappa shape index (κ2) is 12.3. The van der Waals surface area contributed by atoms with E-state index < -0.39 is 11.8 Å². The maximum Gasteiger partial charge on any atom is 0.306 e. The van der Waals surface area contributed by atoms with Crippen molar-refractivity contribution < 1.29 is 28.2 Å². The molecule has 33 heavy (non-hydrogen) atoms. The number of carbonyl (C=O) groups is 3. The number of para-hydroxylation sites is 1. The predicted octanol–water partition coefficient (Wildman–Crippen LogP) is 3.36. The molecule has 2 aromatic rings. The van der Waals surface area contributed by atoms with Gasteiger partial charge in [0.25, 0.3) is 5.91 Å². The van der Waals surface area contributed by atoms with Crippen LogP contribution in [0.4, 0.5) is 4.39 Å². The predicted molar refractivity (Wildman–Crippen MR) is 120 cm³/mol. The van der Waals surface area contributed by atoms with Crippen molar-refractivity contribution >= 4 is 29.1 Å². The van der Waals surface area contributed by atoms with E-state index in [0.29, 0.717) is 5.01 Å². The number of esters is 1. The lowest BCUT2D eigenvalue weighted by Crippen LogP contribution is -2.53. The van der Waals surface area contributed by atoms with E-state index in [4.69, 9.17) is 9.47 Å². The van der Waals surface area contributed by atoms with Gasteiger partial charge in [0, 0.05) is 23.9 Å². The first-order valence-electron chi connectivity index (χ1n) is 11.0. The van der Waals surface area contributed by atoms with Crippen molar-refractivity contribution in [3.8, 4) is 5.75 Å². The standard InChI is InChI=1S/C23H28FN3O5S/c1-2-31-22(29)12-11-20(28)25-16-8-4-5-9-17(16)27-23(30)18-14-33-21(26-18)13-32-19-10-6-3-7-15(19)24/h3,6-7,10,14,16-17H,2,4-5,8-9,11-13H2,1H3,(H,25,28)(H,27,30). The molecule has 2 amide bonds. The van der Waals surface area contributed by atoms with Crippen LogP contribution >= 0.6 is 11.3 Å². The molecule has 0 saturated heterocycles. The molecule has 178 valence electrons. The number of rotatable bonds is 10. The Balaban J connectivity index is 1.51. The summed E-state index contributed by atoms with van der Waals surface area (Å²) in [7, 11) is 0. The van der Waals surface area contributed by atoms with Gasteiger partial charge >= 0.3 is 5.97 Å². The Bertz CT molecular complexity index is 967. The third-order valence-electron chi connectivity index (χ3n) is 5.26. The number of carbonyl (C=O) groups excluding carboxylic acids is 3. The van der Waals surface area contributed by atoms with Gasteiger partial charge in [-0.1, -0.05) is 25.0 Å². The van der Waals surface area contributed by atoms with Crippen molar-refractivity contribution in [3.63, 3.8) is 0 Å². The molecule has 8 nitrogen and oxygen atoms in total. The summed E-state index contributed by atoms with van der Waals surface area (Å²) in [5.74, 6) is -1.31. The first kappa shape index (κ1) is 24.6. The van der Waals surface area contributed by atoms with Crippen molar-refractivity contribution in [1.82, 2.24) is 15.6 Å². The van der Waals surface area contributed by atoms with Crippen LogP contribution in [0.5, 0.6) is 5.75 Å². The highest BCUT2D eigenvalue weighted by molar-refractivity contribution is 7.09. The summed E-state index contributed by atoms with van der Waals surface area (Å²) in [6.07, 6.45) is 3.45. The van der Waals surface area contributed by atoms with Gasteiger partial charge in [-0.15, -0.1) is 11.3 Å². The number of nitrogens with one attached hydrogen (secondary N) is 2. The smallest absolute Gasteiger partial charge is 0.306 e. The maximum absolute atomic E-state index is 13.7. The minimum absolute atomic E-state index is 0.0277. The Morgan fingerprint density at radius 1 is 1.12 bits per heavy atom. The number of ether oxygens (including phenoxy) is 2. The molecule has 1 aliphatic carbocycles. The molecule has 1 fully saturated rings. The van der Waals surface area contributed by atoms with Crippen LogP contribution in [-0.2, 0) is 20.9 Å². The minimum atomic E-state index is -0.459. The summed E-state index contributed by atoms with van der Waals surface area (Å²) in [6, 6.07) is 5.66. The molecule has 1 aromatic heterocycles. The molecule has 2 N–H and O–H groups in total. The van der Waals surface area contributed by atoms with Crippen LogP contribution in [0.15, 0.2) is 29.6 Å². The Morgan fingerprint density at radius 2 is 1.85 bits per heavy atom. The number of benzene rings is 1. The lowest BCUT2D eigenvalue weighted by molar-refractivity contribution is -0.144. The van der Waals surface area contributed by atoms with Crippen LogP contribution in [0.3, 0.4) is 0 Å². The van der Waals surface area contributed by atoms with Gasteiger partial charge in [0.05, 0.1) is 13.0 Å². The topological polar surface area (TPSA) is 107 Å². The van der Waals surface area contributed by atoms with Crippen LogP contribution < -0.4 is 15.4 Å². The zero-order chi connectivity index (χ0) is 23.6. The summed E-state index contributed by atoms with van der Waals surface area (Å²) in [6.45, 7) is 2.06. The lowest BCUT2D eigenvalue weighted by atomic mass is 9.90. The van der Waals surface area contributed by atoms with E-state index in [1.807, 2.05) is 0 Å². The molecular formula is C23H28FN3O5S. The molecule has 0 radical (unpaired) electrons. The van der Waals surface area contributed by atoms with E-state index in [9.17, 15) is 18.8 Å². The third kappa shape index (κ3) is 7.52. The van der Waals surface area contributed by atoms with E-state index in [-0.39, 0.29) is 61.4 Å². The van der Waals surface area contributed by atoms with Gasteiger partial charge in [0.1, 0.15) is 17.3 Å². The van der Waals surface area contributed by atoms with Crippen molar-refractivity contribution in [3.05, 3.63) is 46.2 Å². The Kier molecular flexibility index (Phi) is 9.17. The summed E-state index contributed by atoms with van der Waals surface area (Å²) in [5.41, 5.74) is 0.255. The Hall–Kier alpha value is -3.01. The Morgan fingerprint density at radius 3 is 2.58 bits per heavy atom. The maximum atomic E-state index is 13.7. The molecule has 10 heteroatoms. The van der Waals surface area contributed by atoms with Gasteiger partial charge in [0.15, 0.2) is 11.6 Å². The molecule has 1 heterocycles. The monoisotopic (exact) mass is 477 g/mol. The van der Waals surface area contributed by atoms with Crippen LogP contribution in [0.25, 0.3) is 0 Å². The largest absolute Gasteiger partial charge is 0.483 e. The number of nitrogens with zero attached hydrogens (tertiary/aromatic N) is 1. The van der Waals surface area contributed by atoms with Gasteiger partial charge in [-0.2, -0.15) is 0 Å². The van der Waals surface area contributed by atoms with Gasteiger partial charge in [-0.05, 0) is 31.9 Å². The number of aromatic nitrogens is 1. The van der Waals surface area contributed by atoms with Crippen molar-refractivity contribution in [1.29, 1.82) is 0 Å². The number of hydrogen-bond donors (Lipinski definition) is 2.